The summed E-state index contributed by atoms with van der Waals surface area (Å²) in [5.41, 5.74) is -0.987. The van der Waals surface area contributed by atoms with Crippen molar-refractivity contribution in [2.24, 2.45) is 5.41 Å². The fourth-order valence-electron chi connectivity index (χ4n) is 0.623. The quantitative estimate of drug-likeness (QED) is 0.523. The van der Waals surface area contributed by atoms with Crippen LogP contribution < -0.4 is 0 Å². The molecule has 0 bridgehead atoms. The molecular formula is C8H16O4S. The van der Waals surface area contributed by atoms with Crippen molar-refractivity contribution in [3.05, 3.63) is 0 Å². The Hall–Kier alpha value is -0.230. The zero-order valence-corrected chi connectivity index (χ0v) is 8.51. The van der Waals surface area contributed by atoms with E-state index >= 15 is 0 Å². The molecule has 0 saturated carbocycles. The molecule has 0 saturated heterocycles. The summed E-state index contributed by atoms with van der Waals surface area (Å²) in [5.74, 6) is 0. The van der Waals surface area contributed by atoms with E-state index in [1.165, 1.54) is 0 Å². The molecule has 0 aliphatic carbocycles. The number of hydrogen-bond donors (Lipinski definition) is 3. The molecule has 0 unspecified atom stereocenters. The fraction of sp³-hybridized carbons (Fsp3) is 0.875. The maximum absolute atomic E-state index is 8.92. The lowest BCUT2D eigenvalue weighted by Crippen LogP contribution is -2.39. The molecule has 0 heterocycles. The lowest BCUT2D eigenvalue weighted by atomic mass is 9.93. The molecule has 0 aromatic carbocycles. The van der Waals surface area contributed by atoms with Crippen molar-refractivity contribution in [3.8, 4) is 0 Å². The van der Waals surface area contributed by atoms with Gasteiger partial charge in [0, 0.05) is 6.42 Å². The van der Waals surface area contributed by atoms with Crippen molar-refractivity contribution in [3.63, 3.8) is 0 Å². The van der Waals surface area contributed by atoms with Crippen LogP contribution in [0, 0.1) is 5.41 Å². The average molecular weight is 208 g/mol. The largest absolute Gasteiger partial charge is 0.486 e. The van der Waals surface area contributed by atoms with Gasteiger partial charge in [0.1, 0.15) is 6.61 Å². The van der Waals surface area contributed by atoms with Gasteiger partial charge in [-0.25, -0.2) is 0 Å². The second-order valence-electron chi connectivity index (χ2n) is 2.99. The highest BCUT2D eigenvalue weighted by atomic mass is 32.1. The average Bonchev–Trinajstić information content (AvgIpc) is 2.20. The summed E-state index contributed by atoms with van der Waals surface area (Å²) in [6.45, 7) is 0.912. The summed E-state index contributed by atoms with van der Waals surface area (Å²) in [7, 11) is 0. The van der Waals surface area contributed by atoms with Crippen LogP contribution in [-0.4, -0.2) is 46.8 Å². The van der Waals surface area contributed by atoms with Crippen molar-refractivity contribution in [2.45, 2.75) is 13.3 Å². The van der Waals surface area contributed by atoms with Gasteiger partial charge < -0.3 is 20.1 Å². The Morgan fingerprint density at radius 3 is 2.00 bits per heavy atom. The smallest absolute Gasteiger partial charge is 0.159 e. The molecule has 78 valence electrons. The lowest BCUT2D eigenvalue weighted by Gasteiger charge is -2.26. The number of rotatable bonds is 6. The number of hydrogen-bond acceptors (Lipinski definition) is 5. The normalized spacial score (nSPS) is 11.4. The number of aliphatic hydroxyl groups excluding tert-OH is 3. The van der Waals surface area contributed by atoms with Gasteiger partial charge >= 0.3 is 0 Å². The molecule has 0 aliphatic heterocycles. The number of thiocarbonyl (C=S) groups is 1. The molecule has 0 rings (SSSR count). The summed E-state index contributed by atoms with van der Waals surface area (Å²) in [4.78, 5) is 0. The van der Waals surface area contributed by atoms with Crippen LogP contribution in [0.25, 0.3) is 0 Å². The van der Waals surface area contributed by atoms with Gasteiger partial charge in [0.15, 0.2) is 5.05 Å². The van der Waals surface area contributed by atoms with Gasteiger partial charge in [-0.3, -0.25) is 0 Å². The van der Waals surface area contributed by atoms with Crippen LogP contribution >= 0.6 is 12.2 Å². The number of ether oxygens (including phenoxy) is 1. The molecule has 0 atom stereocenters. The van der Waals surface area contributed by atoms with Gasteiger partial charge in [0.2, 0.25) is 0 Å². The Balaban J connectivity index is 4.02. The standard InChI is InChI=1S/C8H16O4S/c1-2-7(13)12-6-8(3-9,4-10)5-11/h9-11H,2-6H2,1H3. The van der Waals surface area contributed by atoms with E-state index in [4.69, 9.17) is 32.3 Å². The van der Waals surface area contributed by atoms with E-state index in [0.29, 0.717) is 11.5 Å². The second-order valence-corrected chi connectivity index (χ2v) is 3.44. The second kappa shape index (κ2) is 6.26. The van der Waals surface area contributed by atoms with Crippen LogP contribution in [0.3, 0.4) is 0 Å². The molecule has 0 aromatic rings. The zero-order chi connectivity index (χ0) is 10.3. The summed E-state index contributed by atoms with van der Waals surface area (Å²) >= 11 is 4.80. The molecule has 0 amide bonds. The monoisotopic (exact) mass is 208 g/mol. The maximum Gasteiger partial charge on any atom is 0.159 e. The molecule has 0 spiro atoms. The highest BCUT2D eigenvalue weighted by Crippen LogP contribution is 2.15. The summed E-state index contributed by atoms with van der Waals surface area (Å²) < 4.78 is 5.08. The zero-order valence-electron chi connectivity index (χ0n) is 7.69. The van der Waals surface area contributed by atoms with Gasteiger partial charge in [-0.2, -0.15) is 0 Å². The van der Waals surface area contributed by atoms with Crippen molar-refractivity contribution in [2.75, 3.05) is 26.4 Å². The predicted molar refractivity (Wildman–Crippen MR) is 52.5 cm³/mol. The van der Waals surface area contributed by atoms with E-state index in [2.05, 4.69) is 0 Å². The first kappa shape index (κ1) is 12.8. The van der Waals surface area contributed by atoms with Gasteiger partial charge in [0.25, 0.3) is 0 Å². The third-order valence-electron chi connectivity index (χ3n) is 1.83. The molecule has 0 fully saturated rings. The molecule has 0 aliphatic rings. The molecule has 13 heavy (non-hydrogen) atoms. The van der Waals surface area contributed by atoms with E-state index in [-0.39, 0.29) is 26.4 Å². The van der Waals surface area contributed by atoms with Crippen LogP contribution in [0.4, 0.5) is 0 Å². The molecule has 5 heteroatoms. The summed E-state index contributed by atoms with van der Waals surface area (Å²) in [6.07, 6.45) is 0.605. The van der Waals surface area contributed by atoms with Gasteiger partial charge in [-0.1, -0.05) is 6.92 Å². The predicted octanol–water partition coefficient (Wildman–Crippen LogP) is -0.296. The highest BCUT2D eigenvalue weighted by molar-refractivity contribution is 7.80. The minimum atomic E-state index is -0.987. The summed E-state index contributed by atoms with van der Waals surface area (Å²) in [6, 6.07) is 0. The minimum absolute atomic E-state index is 0.0448. The third-order valence-corrected chi connectivity index (χ3v) is 2.24. The molecule has 4 nitrogen and oxygen atoms in total. The molecule has 3 N–H and O–H groups in total. The SMILES string of the molecule is CCC(=S)OCC(CO)(CO)CO. The van der Waals surface area contributed by atoms with Gasteiger partial charge in [-0.15, -0.1) is 0 Å². The topological polar surface area (TPSA) is 69.9 Å². The van der Waals surface area contributed by atoms with Crippen LogP contribution in [0.2, 0.25) is 0 Å². The van der Waals surface area contributed by atoms with Crippen LogP contribution in [0.15, 0.2) is 0 Å². The molecule has 0 radical (unpaired) electrons. The fourth-order valence-corrected chi connectivity index (χ4v) is 0.682. The van der Waals surface area contributed by atoms with Gasteiger partial charge in [0.05, 0.1) is 25.2 Å². The van der Waals surface area contributed by atoms with Crippen LogP contribution in [-0.2, 0) is 4.74 Å². The first-order valence-corrected chi connectivity index (χ1v) is 4.53. The highest BCUT2D eigenvalue weighted by Gasteiger charge is 2.29. The van der Waals surface area contributed by atoms with Crippen LogP contribution in [0.1, 0.15) is 13.3 Å². The summed E-state index contributed by atoms with van der Waals surface area (Å²) in [5, 5.41) is 27.2. The van der Waals surface area contributed by atoms with Crippen LogP contribution in [0.5, 0.6) is 0 Å². The van der Waals surface area contributed by atoms with E-state index < -0.39 is 5.41 Å². The lowest BCUT2D eigenvalue weighted by molar-refractivity contribution is -0.0287. The Morgan fingerprint density at radius 1 is 1.23 bits per heavy atom. The van der Waals surface area contributed by atoms with Crippen molar-refractivity contribution in [1.29, 1.82) is 0 Å². The molecule has 0 aromatic heterocycles. The van der Waals surface area contributed by atoms with Gasteiger partial charge in [-0.05, 0) is 12.2 Å². The van der Waals surface area contributed by atoms with E-state index in [1.807, 2.05) is 6.92 Å². The Morgan fingerprint density at radius 2 is 1.69 bits per heavy atom. The Labute approximate surface area is 83.1 Å². The maximum atomic E-state index is 8.92. The van der Waals surface area contributed by atoms with Crippen molar-refractivity contribution < 1.29 is 20.1 Å². The van der Waals surface area contributed by atoms with Crippen molar-refractivity contribution in [1.82, 2.24) is 0 Å². The minimum Gasteiger partial charge on any atom is -0.486 e. The third kappa shape index (κ3) is 3.99. The Kier molecular flexibility index (Phi) is 6.15. The first-order chi connectivity index (χ1) is 6.14. The number of aliphatic hydroxyl groups is 3. The van der Waals surface area contributed by atoms with E-state index in [0.717, 1.165) is 0 Å². The Bertz CT molecular complexity index is 148. The molecular weight excluding hydrogens is 192 g/mol. The first-order valence-electron chi connectivity index (χ1n) is 4.12. The van der Waals surface area contributed by atoms with Crippen molar-refractivity contribution >= 4 is 17.3 Å². The van der Waals surface area contributed by atoms with E-state index in [9.17, 15) is 0 Å². The van der Waals surface area contributed by atoms with E-state index in [1.54, 1.807) is 0 Å².